The van der Waals surface area contributed by atoms with E-state index in [1.165, 1.54) is 0 Å². The molecule has 2 unspecified atom stereocenters. The van der Waals surface area contributed by atoms with Crippen molar-refractivity contribution in [2.24, 2.45) is 11.8 Å². The third-order valence-electron chi connectivity index (χ3n) is 2.99. The molecule has 0 N–H and O–H groups in total. The zero-order valence-corrected chi connectivity index (χ0v) is 7.73. The molecule has 0 aromatic rings. The summed E-state index contributed by atoms with van der Waals surface area (Å²) in [6.45, 7) is 4.25. The van der Waals surface area contributed by atoms with Crippen molar-refractivity contribution in [3.8, 4) is 0 Å². The molecule has 2 heterocycles. The quantitative estimate of drug-likeness (QED) is 0.545. The van der Waals surface area contributed by atoms with Gasteiger partial charge in [-0.25, -0.2) is 0 Å². The fourth-order valence-corrected chi connectivity index (χ4v) is 3.29. The van der Waals surface area contributed by atoms with Crippen LogP contribution in [0.3, 0.4) is 0 Å². The second-order valence-electron chi connectivity index (χ2n) is 3.52. The molecule has 2 saturated heterocycles. The van der Waals surface area contributed by atoms with E-state index in [9.17, 15) is 4.79 Å². The lowest BCUT2D eigenvalue weighted by atomic mass is 9.95. The van der Waals surface area contributed by atoms with Crippen LogP contribution in [0.4, 0.5) is 0 Å². The molecular formula is C8H13NOS. The molecule has 11 heavy (non-hydrogen) atoms. The van der Waals surface area contributed by atoms with Crippen LogP contribution in [0.5, 0.6) is 0 Å². The standard InChI is InChI=1S/C8H13NOS/c1-5-6(2)8(10)9-4-11-3-7(5)9/h5-7H,3-4H2,1-2H3/t5?,6?,7-/m0/s1. The Morgan fingerprint density at radius 1 is 1.55 bits per heavy atom. The molecule has 3 heteroatoms. The van der Waals surface area contributed by atoms with Crippen LogP contribution in [0.25, 0.3) is 0 Å². The lowest BCUT2D eigenvalue weighted by molar-refractivity contribution is -0.130. The Morgan fingerprint density at radius 3 is 2.91 bits per heavy atom. The molecule has 2 aliphatic heterocycles. The number of fused-ring (bicyclic) bond motifs is 1. The van der Waals surface area contributed by atoms with Crippen molar-refractivity contribution in [2.75, 3.05) is 11.6 Å². The second-order valence-corrected chi connectivity index (χ2v) is 4.52. The van der Waals surface area contributed by atoms with E-state index < -0.39 is 0 Å². The van der Waals surface area contributed by atoms with Crippen molar-refractivity contribution in [2.45, 2.75) is 19.9 Å². The third-order valence-corrected chi connectivity index (χ3v) is 4.03. The molecule has 0 spiro atoms. The van der Waals surface area contributed by atoms with Crippen LogP contribution < -0.4 is 0 Å². The van der Waals surface area contributed by atoms with E-state index in [4.69, 9.17) is 0 Å². The van der Waals surface area contributed by atoms with Gasteiger partial charge in [-0.1, -0.05) is 13.8 Å². The molecule has 0 aromatic carbocycles. The van der Waals surface area contributed by atoms with E-state index in [1.807, 2.05) is 16.7 Å². The first-order valence-electron chi connectivity index (χ1n) is 4.10. The fourth-order valence-electron chi connectivity index (χ4n) is 1.94. The molecule has 2 fully saturated rings. The molecule has 3 atom stereocenters. The summed E-state index contributed by atoms with van der Waals surface area (Å²) in [5.41, 5.74) is 0. The van der Waals surface area contributed by atoms with Crippen molar-refractivity contribution in [1.29, 1.82) is 0 Å². The lowest BCUT2D eigenvalue weighted by Crippen LogP contribution is -2.29. The number of carbonyl (C=O) groups excluding carboxylic acids is 1. The number of rotatable bonds is 0. The molecule has 0 radical (unpaired) electrons. The Bertz CT molecular complexity index is 195. The van der Waals surface area contributed by atoms with Gasteiger partial charge < -0.3 is 4.90 Å². The van der Waals surface area contributed by atoms with E-state index in [0.717, 1.165) is 11.6 Å². The van der Waals surface area contributed by atoms with Gasteiger partial charge in [-0.3, -0.25) is 4.79 Å². The number of hydrogen-bond acceptors (Lipinski definition) is 2. The summed E-state index contributed by atoms with van der Waals surface area (Å²) >= 11 is 1.88. The molecule has 1 amide bonds. The topological polar surface area (TPSA) is 20.3 Å². The SMILES string of the molecule is CC1C(=O)N2CSC[C@H]2C1C. The summed E-state index contributed by atoms with van der Waals surface area (Å²) in [7, 11) is 0. The maximum absolute atomic E-state index is 11.5. The van der Waals surface area contributed by atoms with Gasteiger partial charge in [0, 0.05) is 17.7 Å². The van der Waals surface area contributed by atoms with Crippen LogP contribution in [0.2, 0.25) is 0 Å². The molecular weight excluding hydrogens is 158 g/mol. The Kier molecular flexibility index (Phi) is 1.63. The van der Waals surface area contributed by atoms with Gasteiger partial charge in [-0.15, -0.1) is 11.8 Å². The van der Waals surface area contributed by atoms with Gasteiger partial charge in [0.25, 0.3) is 0 Å². The van der Waals surface area contributed by atoms with E-state index in [1.54, 1.807) is 0 Å². The smallest absolute Gasteiger partial charge is 0.226 e. The number of thioether (sulfide) groups is 1. The maximum Gasteiger partial charge on any atom is 0.226 e. The van der Waals surface area contributed by atoms with Crippen LogP contribution in [-0.2, 0) is 4.79 Å². The number of hydrogen-bond donors (Lipinski definition) is 0. The average Bonchev–Trinajstić information content (AvgIpc) is 2.53. The van der Waals surface area contributed by atoms with Gasteiger partial charge in [-0.2, -0.15) is 0 Å². The van der Waals surface area contributed by atoms with Gasteiger partial charge in [0.15, 0.2) is 0 Å². The summed E-state index contributed by atoms with van der Waals surface area (Å²) < 4.78 is 0. The minimum Gasteiger partial charge on any atom is -0.329 e. The van der Waals surface area contributed by atoms with Gasteiger partial charge in [0.1, 0.15) is 0 Å². The summed E-state index contributed by atoms with van der Waals surface area (Å²) in [5, 5.41) is 0. The average molecular weight is 171 g/mol. The first-order valence-corrected chi connectivity index (χ1v) is 5.25. The highest BCUT2D eigenvalue weighted by atomic mass is 32.2. The summed E-state index contributed by atoms with van der Waals surface area (Å²) in [5.74, 6) is 3.28. The van der Waals surface area contributed by atoms with Crippen LogP contribution in [0.15, 0.2) is 0 Å². The Balaban J connectivity index is 2.23. The van der Waals surface area contributed by atoms with E-state index >= 15 is 0 Å². The zero-order valence-electron chi connectivity index (χ0n) is 6.91. The van der Waals surface area contributed by atoms with E-state index in [2.05, 4.69) is 13.8 Å². The molecule has 0 aromatic heterocycles. The highest BCUT2D eigenvalue weighted by Gasteiger charge is 2.45. The molecule has 62 valence electrons. The van der Waals surface area contributed by atoms with Crippen LogP contribution in [0, 0.1) is 11.8 Å². The van der Waals surface area contributed by atoms with Crippen molar-refractivity contribution in [3.05, 3.63) is 0 Å². The predicted molar refractivity (Wildman–Crippen MR) is 46.3 cm³/mol. The van der Waals surface area contributed by atoms with Gasteiger partial charge in [-0.05, 0) is 5.92 Å². The number of carbonyl (C=O) groups is 1. The monoisotopic (exact) mass is 171 g/mol. The minimum absolute atomic E-state index is 0.265. The molecule has 2 aliphatic rings. The summed E-state index contributed by atoms with van der Waals surface area (Å²) in [4.78, 5) is 13.6. The summed E-state index contributed by atoms with van der Waals surface area (Å²) in [6, 6.07) is 0.544. The minimum atomic E-state index is 0.265. The first-order chi connectivity index (χ1) is 5.22. The van der Waals surface area contributed by atoms with Crippen LogP contribution in [0.1, 0.15) is 13.8 Å². The predicted octanol–water partition coefficient (Wildman–Crippen LogP) is 1.17. The molecule has 2 nitrogen and oxygen atoms in total. The van der Waals surface area contributed by atoms with Gasteiger partial charge in [0.05, 0.1) is 5.88 Å². The Morgan fingerprint density at radius 2 is 2.27 bits per heavy atom. The lowest BCUT2D eigenvalue weighted by Gasteiger charge is -2.15. The summed E-state index contributed by atoms with van der Waals surface area (Å²) in [6.07, 6.45) is 0. The third kappa shape index (κ3) is 0.901. The zero-order chi connectivity index (χ0) is 8.01. The van der Waals surface area contributed by atoms with Crippen LogP contribution >= 0.6 is 11.8 Å². The highest BCUT2D eigenvalue weighted by Crippen LogP contribution is 2.37. The van der Waals surface area contributed by atoms with E-state index in [-0.39, 0.29) is 5.92 Å². The van der Waals surface area contributed by atoms with Gasteiger partial charge in [0.2, 0.25) is 5.91 Å². The van der Waals surface area contributed by atoms with Gasteiger partial charge >= 0.3 is 0 Å². The van der Waals surface area contributed by atoms with Crippen molar-refractivity contribution in [1.82, 2.24) is 4.90 Å². The van der Waals surface area contributed by atoms with Crippen LogP contribution in [-0.4, -0.2) is 28.5 Å². The Labute approximate surface area is 71.3 Å². The normalized spacial score (nSPS) is 43.3. The molecule has 2 rings (SSSR count). The first kappa shape index (κ1) is 7.47. The fraction of sp³-hybridized carbons (Fsp3) is 0.875. The molecule has 0 aliphatic carbocycles. The van der Waals surface area contributed by atoms with Crippen molar-refractivity contribution in [3.63, 3.8) is 0 Å². The number of amides is 1. The second kappa shape index (κ2) is 2.41. The highest BCUT2D eigenvalue weighted by molar-refractivity contribution is 7.99. The van der Waals surface area contributed by atoms with Crippen molar-refractivity contribution < 1.29 is 4.79 Å². The van der Waals surface area contributed by atoms with Crippen molar-refractivity contribution >= 4 is 17.7 Å². The number of nitrogens with zero attached hydrogens (tertiary/aromatic N) is 1. The largest absolute Gasteiger partial charge is 0.329 e. The molecule has 0 saturated carbocycles. The Hall–Kier alpha value is -0.180. The maximum atomic E-state index is 11.5. The van der Waals surface area contributed by atoms with E-state index in [0.29, 0.717) is 17.9 Å². The molecule has 0 bridgehead atoms.